The van der Waals surface area contributed by atoms with E-state index < -0.39 is 11.6 Å². The van der Waals surface area contributed by atoms with Crippen molar-refractivity contribution in [2.24, 2.45) is 0 Å². The van der Waals surface area contributed by atoms with Crippen LogP contribution >= 0.6 is 0 Å². The van der Waals surface area contributed by atoms with E-state index in [0.717, 1.165) is 0 Å². The Kier molecular flexibility index (Phi) is 15.5. The van der Waals surface area contributed by atoms with Crippen molar-refractivity contribution in [2.75, 3.05) is 0 Å². The molecule has 18 heavy (non-hydrogen) atoms. The third-order valence-corrected chi connectivity index (χ3v) is 1.67. The van der Waals surface area contributed by atoms with Crippen LogP contribution in [0.2, 0.25) is 0 Å². The maximum Gasteiger partial charge on any atom is 0.225 e. The highest BCUT2D eigenvalue weighted by Crippen LogP contribution is 2.04. The highest BCUT2D eigenvalue weighted by atomic mass is 16.2. The Hall–Kier alpha value is -2.26. The van der Waals surface area contributed by atoms with Crippen LogP contribution in [0.1, 0.15) is 20.7 Å². The van der Waals surface area contributed by atoms with E-state index in [-0.39, 0.29) is 45.6 Å². The van der Waals surface area contributed by atoms with Gasteiger partial charge in [-0.15, -0.1) is 0 Å². The van der Waals surface area contributed by atoms with E-state index in [1.807, 2.05) is 0 Å². The zero-order chi connectivity index (χ0) is 10.6. The summed E-state index contributed by atoms with van der Waals surface area (Å²) in [5, 5.41) is 0. The molecule has 0 unspecified atom stereocenters. The first kappa shape index (κ1) is 24.8. The van der Waals surface area contributed by atoms with Gasteiger partial charge in [-0.2, -0.15) is 0 Å². The Balaban J connectivity index is -0.000000245. The van der Waals surface area contributed by atoms with E-state index >= 15 is 0 Å². The molecule has 8 nitrogen and oxygen atoms in total. The van der Waals surface area contributed by atoms with Crippen molar-refractivity contribution in [1.29, 1.82) is 0 Å². The molecule has 0 saturated heterocycles. The largest absolute Gasteiger partial charge is 0.412 e. The van der Waals surface area contributed by atoms with Crippen LogP contribution in [0.25, 0.3) is 0 Å². The molecule has 0 heterocycles. The van der Waals surface area contributed by atoms with Crippen molar-refractivity contribution in [2.45, 2.75) is 0 Å². The summed E-state index contributed by atoms with van der Waals surface area (Å²) in [5.74, 6) is -1.31. The summed E-state index contributed by atoms with van der Waals surface area (Å²) in [5.41, 5.74) is 0.393. The topological polar surface area (TPSA) is 194 Å². The first-order valence-corrected chi connectivity index (χ1v) is 3.78. The molecule has 0 spiro atoms. The molecule has 0 aliphatic carbocycles. The van der Waals surface area contributed by atoms with Gasteiger partial charge < -0.3 is 21.9 Å². The van der Waals surface area contributed by atoms with E-state index in [9.17, 15) is 19.2 Å². The van der Waals surface area contributed by atoms with E-state index in [4.69, 9.17) is 0 Å². The predicted molar refractivity (Wildman–Crippen MR) is 61.7 cm³/mol. The molecule has 1 aromatic rings. The summed E-state index contributed by atoms with van der Waals surface area (Å²) >= 11 is 0. The normalized spacial score (nSPS) is 7.11. The lowest BCUT2D eigenvalue weighted by Gasteiger charge is -1.95. The molecule has 1 aromatic carbocycles. The summed E-state index contributed by atoms with van der Waals surface area (Å²) in [6.07, 6.45) is 0.382. The second kappa shape index (κ2) is 11.2. The number of carbonyl (C=O) groups excluding carboxylic acids is 4. The fraction of sp³-hybridized carbons (Fsp3) is 0. The van der Waals surface area contributed by atoms with Crippen LogP contribution in [0.3, 0.4) is 0 Å². The molecule has 0 radical (unpaired) electrons. The number of Topliss-reactive ketones (excluding diaryl/α,β-unsaturated/α-hetero) is 2. The summed E-state index contributed by atoms with van der Waals surface area (Å²) in [6, 6.07) is 5.31. The van der Waals surface area contributed by atoms with Gasteiger partial charge in [-0.1, -0.05) is 24.3 Å². The third kappa shape index (κ3) is 5.72. The molecule has 8 heteroatoms. The second-order valence-corrected chi connectivity index (χ2v) is 2.54. The van der Waals surface area contributed by atoms with Gasteiger partial charge >= 0.3 is 0 Å². The number of benzene rings is 1. The van der Waals surface area contributed by atoms with Crippen LogP contribution in [0.5, 0.6) is 0 Å². The number of aldehydes is 2. The van der Waals surface area contributed by atoms with Gasteiger partial charge in [-0.25, -0.2) is 0 Å². The lowest BCUT2D eigenvalue weighted by atomic mass is 10.1. The quantitative estimate of drug-likeness (QED) is 0.320. The fourth-order valence-electron chi connectivity index (χ4n) is 0.935. The summed E-state index contributed by atoms with van der Waals surface area (Å²) in [4.78, 5) is 41.9. The first-order chi connectivity index (χ1) is 6.69. The highest BCUT2D eigenvalue weighted by Gasteiger charge is 2.06. The Bertz CT molecular complexity index is 356. The molecule has 102 valence electrons. The predicted octanol–water partition coefficient (Wildman–Crippen LogP) is -2.85. The summed E-state index contributed by atoms with van der Waals surface area (Å²) in [7, 11) is 0. The van der Waals surface area contributed by atoms with E-state index in [0.29, 0.717) is 0 Å². The Morgan fingerprint density at radius 3 is 1.06 bits per heavy atom. The third-order valence-electron chi connectivity index (χ3n) is 1.67. The second-order valence-electron chi connectivity index (χ2n) is 2.54. The molecule has 0 atom stereocenters. The van der Waals surface area contributed by atoms with Crippen molar-refractivity contribution < 1.29 is 41.1 Å². The zero-order valence-corrected chi connectivity index (χ0v) is 9.10. The van der Waals surface area contributed by atoms with Crippen molar-refractivity contribution in [1.82, 2.24) is 0 Å². The number of ketones is 2. The van der Waals surface area contributed by atoms with Crippen molar-refractivity contribution >= 4 is 24.1 Å². The zero-order valence-electron chi connectivity index (χ0n) is 9.10. The minimum absolute atomic E-state index is 0. The molecule has 0 bridgehead atoms. The van der Waals surface area contributed by atoms with Gasteiger partial charge in [0.15, 0.2) is 12.6 Å². The van der Waals surface area contributed by atoms with Crippen LogP contribution in [0.4, 0.5) is 0 Å². The van der Waals surface area contributed by atoms with Gasteiger partial charge in [0.05, 0.1) is 0 Å². The smallest absolute Gasteiger partial charge is 0.225 e. The first-order valence-electron chi connectivity index (χ1n) is 3.78. The Morgan fingerprint density at radius 2 is 0.889 bits per heavy atom. The minimum Gasteiger partial charge on any atom is -0.412 e. The fourth-order valence-corrected chi connectivity index (χ4v) is 0.935. The van der Waals surface area contributed by atoms with Gasteiger partial charge in [0.2, 0.25) is 11.6 Å². The monoisotopic (exact) mass is 262 g/mol. The van der Waals surface area contributed by atoms with E-state index in [1.165, 1.54) is 24.3 Å². The van der Waals surface area contributed by atoms with Gasteiger partial charge in [-0.3, -0.25) is 19.2 Å². The SMILES string of the molecule is O.O.O.O.O=CC(=O)c1ccc(C(=O)C=O)cc1. The van der Waals surface area contributed by atoms with Gasteiger partial charge in [-0.05, 0) is 0 Å². The van der Waals surface area contributed by atoms with Gasteiger partial charge in [0.1, 0.15) is 0 Å². The molecule has 0 amide bonds. The van der Waals surface area contributed by atoms with Crippen molar-refractivity contribution in [3.63, 3.8) is 0 Å². The summed E-state index contributed by atoms with van der Waals surface area (Å²) < 4.78 is 0. The number of hydrogen-bond acceptors (Lipinski definition) is 4. The number of carbonyl (C=O) groups is 4. The summed E-state index contributed by atoms with van der Waals surface area (Å²) in [6.45, 7) is 0. The molecule has 8 N–H and O–H groups in total. The maximum atomic E-state index is 10.8. The van der Waals surface area contributed by atoms with Crippen LogP contribution in [-0.2, 0) is 9.59 Å². The van der Waals surface area contributed by atoms with Crippen LogP contribution < -0.4 is 0 Å². The molecule has 1 rings (SSSR count). The lowest BCUT2D eigenvalue weighted by molar-refractivity contribution is -0.105. The molecule has 0 aliphatic rings. The Labute approximate surface area is 101 Å². The maximum absolute atomic E-state index is 10.8. The molecule has 0 fully saturated rings. The number of hydrogen-bond donors (Lipinski definition) is 0. The standard InChI is InChI=1S/C10H6O4.4H2O/c11-5-9(13)7-1-2-8(4-3-7)10(14)6-12;;;;/h1-6H;4*1H2. The average Bonchev–Trinajstić information content (AvgIpc) is 2.27. The molecule has 0 aromatic heterocycles. The van der Waals surface area contributed by atoms with Gasteiger partial charge in [0.25, 0.3) is 0 Å². The minimum atomic E-state index is -0.657. The van der Waals surface area contributed by atoms with Crippen molar-refractivity contribution in [3.8, 4) is 0 Å². The molecular weight excluding hydrogens is 248 g/mol. The highest BCUT2D eigenvalue weighted by molar-refractivity contribution is 6.34. The van der Waals surface area contributed by atoms with Gasteiger partial charge in [0, 0.05) is 11.1 Å². The average molecular weight is 262 g/mol. The lowest BCUT2D eigenvalue weighted by Crippen LogP contribution is -2.03. The van der Waals surface area contributed by atoms with E-state index in [2.05, 4.69) is 0 Å². The molecular formula is C10H14O8. The number of rotatable bonds is 4. The molecule has 0 aliphatic heterocycles. The van der Waals surface area contributed by atoms with Crippen LogP contribution in [0, 0.1) is 0 Å². The Morgan fingerprint density at radius 1 is 0.667 bits per heavy atom. The van der Waals surface area contributed by atoms with E-state index in [1.54, 1.807) is 0 Å². The van der Waals surface area contributed by atoms with Crippen LogP contribution in [-0.4, -0.2) is 46.0 Å². The van der Waals surface area contributed by atoms with Crippen LogP contribution in [0.15, 0.2) is 24.3 Å². The molecule has 0 saturated carbocycles. The van der Waals surface area contributed by atoms with Crippen molar-refractivity contribution in [3.05, 3.63) is 35.4 Å².